The van der Waals surface area contributed by atoms with Gasteiger partial charge < -0.3 is 4.98 Å². The topological polar surface area (TPSA) is 69.3 Å². The van der Waals surface area contributed by atoms with Crippen LogP contribution in [0.5, 0.6) is 0 Å². The molecule has 0 radical (unpaired) electrons. The number of piperidine rings is 1. The first kappa shape index (κ1) is 18.3. The zero-order valence-corrected chi connectivity index (χ0v) is 17.3. The fraction of sp³-hybridized carbons (Fsp3) is 0.450. The van der Waals surface area contributed by atoms with Crippen LogP contribution in [0, 0.1) is 0 Å². The first-order valence-corrected chi connectivity index (χ1v) is 12.2. The summed E-state index contributed by atoms with van der Waals surface area (Å²) in [6.07, 6.45) is 5.57. The van der Waals surface area contributed by atoms with E-state index in [9.17, 15) is 8.42 Å². The van der Waals surface area contributed by atoms with E-state index in [1.165, 1.54) is 10.4 Å². The maximum atomic E-state index is 13.0. The van der Waals surface area contributed by atoms with Gasteiger partial charge >= 0.3 is 0 Å². The van der Waals surface area contributed by atoms with Crippen LogP contribution in [0.15, 0.2) is 42.0 Å². The Bertz CT molecular complexity index is 1050. The van der Waals surface area contributed by atoms with Crippen LogP contribution in [0.2, 0.25) is 0 Å². The third kappa shape index (κ3) is 3.28. The van der Waals surface area contributed by atoms with Gasteiger partial charge in [-0.2, -0.15) is 0 Å². The number of aromatic nitrogens is 2. The van der Waals surface area contributed by atoms with Crippen LogP contribution < -0.4 is 0 Å². The molecule has 2 fully saturated rings. The lowest BCUT2D eigenvalue weighted by molar-refractivity contribution is 0.171. The molecule has 1 N–H and O–H groups in total. The van der Waals surface area contributed by atoms with Gasteiger partial charge in [-0.25, -0.2) is 17.7 Å². The quantitative estimate of drug-likeness (QED) is 0.694. The summed E-state index contributed by atoms with van der Waals surface area (Å²) < 4.78 is 27.7. The predicted molar refractivity (Wildman–Crippen MR) is 112 cm³/mol. The molecule has 0 amide bonds. The van der Waals surface area contributed by atoms with E-state index in [-0.39, 0.29) is 5.25 Å². The molecular formula is C20H24N4O2S2. The van der Waals surface area contributed by atoms with Crippen LogP contribution in [0.4, 0.5) is 0 Å². The fourth-order valence-electron chi connectivity index (χ4n) is 4.41. The third-order valence-electron chi connectivity index (χ3n) is 6.04. The van der Waals surface area contributed by atoms with Gasteiger partial charge in [-0.1, -0.05) is 6.07 Å². The SMILES string of the molecule is O=S(=O)(C1CN(Cc2cccs2)C1)N1CCC(c2c[nH]c3ncccc23)CC1. The van der Waals surface area contributed by atoms with E-state index in [2.05, 4.69) is 32.4 Å². The predicted octanol–water partition coefficient (Wildman–Crippen LogP) is 3.02. The van der Waals surface area contributed by atoms with Crippen molar-refractivity contribution < 1.29 is 8.42 Å². The van der Waals surface area contributed by atoms with Gasteiger partial charge in [0.15, 0.2) is 0 Å². The van der Waals surface area contributed by atoms with E-state index in [0.717, 1.165) is 30.4 Å². The van der Waals surface area contributed by atoms with E-state index < -0.39 is 10.0 Å². The molecule has 0 saturated carbocycles. The summed E-state index contributed by atoms with van der Waals surface area (Å²) in [4.78, 5) is 11.1. The number of aromatic amines is 1. The number of sulfonamides is 1. The molecule has 0 aliphatic carbocycles. The van der Waals surface area contributed by atoms with E-state index in [4.69, 9.17) is 0 Å². The van der Waals surface area contributed by atoms with Gasteiger partial charge in [0.25, 0.3) is 0 Å². The molecule has 3 aromatic rings. The first-order chi connectivity index (χ1) is 13.6. The van der Waals surface area contributed by atoms with E-state index in [1.54, 1.807) is 21.8 Å². The Morgan fingerprint density at radius 1 is 1.18 bits per heavy atom. The molecule has 0 unspecified atom stereocenters. The van der Waals surface area contributed by atoms with Crippen molar-refractivity contribution >= 4 is 32.4 Å². The minimum Gasteiger partial charge on any atom is -0.346 e. The number of hydrogen-bond donors (Lipinski definition) is 1. The molecule has 0 aromatic carbocycles. The number of thiophene rings is 1. The summed E-state index contributed by atoms with van der Waals surface area (Å²) in [7, 11) is -3.20. The third-order valence-corrected chi connectivity index (χ3v) is 9.13. The number of hydrogen-bond acceptors (Lipinski definition) is 5. The van der Waals surface area contributed by atoms with E-state index in [1.807, 2.05) is 18.3 Å². The van der Waals surface area contributed by atoms with Crippen molar-refractivity contribution in [1.82, 2.24) is 19.2 Å². The van der Waals surface area contributed by atoms with Crippen molar-refractivity contribution in [3.63, 3.8) is 0 Å². The second-order valence-corrected chi connectivity index (χ2v) is 11.0. The minimum atomic E-state index is -3.20. The zero-order valence-electron chi connectivity index (χ0n) is 15.6. The Morgan fingerprint density at radius 3 is 2.75 bits per heavy atom. The molecule has 5 rings (SSSR count). The Morgan fingerprint density at radius 2 is 2.00 bits per heavy atom. The molecule has 2 saturated heterocycles. The molecule has 5 heterocycles. The van der Waals surface area contributed by atoms with Crippen LogP contribution in [-0.2, 0) is 16.6 Å². The van der Waals surface area contributed by atoms with Crippen molar-refractivity contribution in [2.45, 2.75) is 30.6 Å². The van der Waals surface area contributed by atoms with Gasteiger partial charge in [0.2, 0.25) is 10.0 Å². The van der Waals surface area contributed by atoms with Crippen LogP contribution in [0.3, 0.4) is 0 Å². The lowest BCUT2D eigenvalue weighted by atomic mass is 9.90. The van der Waals surface area contributed by atoms with E-state index in [0.29, 0.717) is 32.1 Å². The van der Waals surface area contributed by atoms with Gasteiger partial charge in [0.05, 0.1) is 0 Å². The van der Waals surface area contributed by atoms with E-state index >= 15 is 0 Å². The lowest BCUT2D eigenvalue weighted by Crippen LogP contribution is -2.58. The van der Waals surface area contributed by atoms with Crippen LogP contribution in [-0.4, -0.2) is 59.0 Å². The second-order valence-electron chi connectivity index (χ2n) is 7.76. The Kier molecular flexibility index (Phi) is 4.74. The van der Waals surface area contributed by atoms with Crippen molar-refractivity contribution in [1.29, 1.82) is 0 Å². The van der Waals surface area contributed by atoms with Gasteiger partial charge in [-0.15, -0.1) is 11.3 Å². The molecule has 2 aliphatic heterocycles. The Hall–Kier alpha value is -1.74. The number of nitrogens with one attached hydrogen (secondary N) is 1. The highest BCUT2D eigenvalue weighted by molar-refractivity contribution is 7.89. The molecule has 148 valence electrons. The van der Waals surface area contributed by atoms with Crippen molar-refractivity contribution in [2.75, 3.05) is 26.2 Å². The summed E-state index contributed by atoms with van der Waals surface area (Å²) >= 11 is 1.73. The van der Waals surface area contributed by atoms with Crippen LogP contribution >= 0.6 is 11.3 Å². The molecule has 2 aliphatic rings. The summed E-state index contributed by atoms with van der Waals surface area (Å²) in [5.41, 5.74) is 2.18. The van der Waals surface area contributed by atoms with Crippen LogP contribution in [0.25, 0.3) is 11.0 Å². The zero-order chi connectivity index (χ0) is 19.1. The van der Waals surface area contributed by atoms with Crippen molar-refractivity contribution in [2.24, 2.45) is 0 Å². The molecule has 28 heavy (non-hydrogen) atoms. The second kappa shape index (κ2) is 7.26. The average Bonchev–Trinajstić information content (AvgIpc) is 3.34. The smallest absolute Gasteiger partial charge is 0.219 e. The molecule has 3 aromatic heterocycles. The fourth-order valence-corrected chi connectivity index (χ4v) is 7.10. The number of fused-ring (bicyclic) bond motifs is 1. The maximum Gasteiger partial charge on any atom is 0.219 e. The molecule has 0 spiro atoms. The molecule has 0 bridgehead atoms. The Labute approximate surface area is 169 Å². The largest absolute Gasteiger partial charge is 0.346 e. The number of pyridine rings is 1. The number of likely N-dealkylation sites (tertiary alicyclic amines) is 1. The van der Waals surface area contributed by atoms with Crippen molar-refractivity contribution in [3.05, 3.63) is 52.5 Å². The summed E-state index contributed by atoms with van der Waals surface area (Å²) in [5.74, 6) is 0.390. The summed E-state index contributed by atoms with van der Waals surface area (Å²) in [6, 6.07) is 8.20. The molecule has 6 nitrogen and oxygen atoms in total. The average molecular weight is 417 g/mol. The van der Waals surface area contributed by atoms with Gasteiger partial charge in [0, 0.05) is 55.4 Å². The summed E-state index contributed by atoms with van der Waals surface area (Å²) in [5, 5.41) is 2.98. The van der Waals surface area contributed by atoms with Gasteiger partial charge in [-0.3, -0.25) is 4.90 Å². The standard InChI is InChI=1S/C20H24N4O2S2/c25-28(26,17-13-23(14-17)12-16-3-2-10-27-16)24-8-5-15(6-9-24)19-11-22-20-18(19)4-1-7-21-20/h1-4,7,10-11,15,17H,5-6,8-9,12-14H2,(H,21,22). The maximum absolute atomic E-state index is 13.0. The van der Waals surface area contributed by atoms with Gasteiger partial charge in [-0.05, 0) is 47.9 Å². The monoisotopic (exact) mass is 416 g/mol. The highest BCUT2D eigenvalue weighted by Crippen LogP contribution is 2.34. The molecular weight excluding hydrogens is 392 g/mol. The number of nitrogens with zero attached hydrogens (tertiary/aromatic N) is 3. The number of H-pyrrole nitrogens is 1. The normalized spacial score (nSPS) is 20.6. The molecule has 0 atom stereocenters. The lowest BCUT2D eigenvalue weighted by Gasteiger charge is -2.42. The highest BCUT2D eigenvalue weighted by atomic mass is 32.2. The Balaban J connectivity index is 1.19. The van der Waals surface area contributed by atoms with Gasteiger partial charge in [0.1, 0.15) is 10.9 Å². The first-order valence-electron chi connectivity index (χ1n) is 9.77. The van der Waals surface area contributed by atoms with Crippen LogP contribution in [0.1, 0.15) is 29.2 Å². The highest BCUT2D eigenvalue weighted by Gasteiger charge is 2.42. The minimum absolute atomic E-state index is 0.249. The summed E-state index contributed by atoms with van der Waals surface area (Å²) in [6.45, 7) is 3.38. The molecule has 8 heteroatoms. The van der Waals surface area contributed by atoms with Crippen molar-refractivity contribution in [3.8, 4) is 0 Å². The number of rotatable bonds is 5.